The average Bonchev–Trinajstić information content (AvgIpc) is 2.55. The number of fused-ring (bicyclic) bond motifs is 1. The molecule has 3 rings (SSSR count). The summed E-state index contributed by atoms with van der Waals surface area (Å²) in [5, 5.41) is 0.412. The molecule has 122 valence electrons. The van der Waals surface area contributed by atoms with Gasteiger partial charge in [-0.15, -0.1) is 0 Å². The van der Waals surface area contributed by atoms with E-state index in [4.69, 9.17) is 17.0 Å². The minimum absolute atomic E-state index is 0.0577. The first-order chi connectivity index (χ1) is 11.4. The number of aryl methyl sites for hydroxylation is 1. The molecule has 7 heteroatoms. The van der Waals surface area contributed by atoms with Crippen molar-refractivity contribution in [1.82, 2.24) is 9.55 Å². The SMILES string of the molecule is COc1c(C)cccc1C(=O)n1c(=S)[nH]c2ccc(I)cc2c1=O. The number of nitrogens with zero attached hydrogens (tertiary/aromatic N) is 1. The Bertz CT molecular complexity index is 1090. The number of hydrogen-bond acceptors (Lipinski definition) is 4. The third-order valence-electron chi connectivity index (χ3n) is 3.71. The first-order valence-corrected chi connectivity index (χ1v) is 8.55. The van der Waals surface area contributed by atoms with Gasteiger partial charge in [0.2, 0.25) is 0 Å². The average molecular weight is 452 g/mol. The van der Waals surface area contributed by atoms with E-state index in [-0.39, 0.29) is 4.77 Å². The number of aromatic amines is 1. The molecule has 1 heterocycles. The lowest BCUT2D eigenvalue weighted by atomic mass is 10.1. The molecule has 24 heavy (non-hydrogen) atoms. The molecule has 0 saturated carbocycles. The van der Waals surface area contributed by atoms with Crippen molar-refractivity contribution in [2.24, 2.45) is 0 Å². The van der Waals surface area contributed by atoms with Crippen LogP contribution in [0.4, 0.5) is 0 Å². The van der Waals surface area contributed by atoms with E-state index in [0.29, 0.717) is 22.2 Å². The molecule has 1 N–H and O–H groups in total. The van der Waals surface area contributed by atoms with Crippen molar-refractivity contribution < 1.29 is 9.53 Å². The summed E-state index contributed by atoms with van der Waals surface area (Å²) < 4.78 is 7.26. The normalized spacial score (nSPS) is 10.8. The number of hydrogen-bond donors (Lipinski definition) is 1. The number of ether oxygens (including phenoxy) is 1. The van der Waals surface area contributed by atoms with Gasteiger partial charge in [0.25, 0.3) is 11.5 Å². The second-order valence-electron chi connectivity index (χ2n) is 5.22. The number of nitrogens with one attached hydrogen (secondary N) is 1. The molecule has 0 atom stereocenters. The fourth-order valence-corrected chi connectivity index (χ4v) is 3.35. The van der Waals surface area contributed by atoms with Gasteiger partial charge in [0.1, 0.15) is 5.75 Å². The molecule has 0 fully saturated rings. The second kappa shape index (κ2) is 6.48. The van der Waals surface area contributed by atoms with E-state index in [1.54, 1.807) is 24.3 Å². The van der Waals surface area contributed by atoms with Gasteiger partial charge in [-0.2, -0.15) is 0 Å². The highest BCUT2D eigenvalue weighted by Crippen LogP contribution is 2.24. The molecule has 5 nitrogen and oxygen atoms in total. The number of benzene rings is 2. The first kappa shape index (κ1) is 16.8. The summed E-state index contributed by atoms with van der Waals surface area (Å²) in [5.74, 6) is -0.0749. The Morgan fingerprint density at radius 2 is 2.04 bits per heavy atom. The molecule has 0 aliphatic rings. The summed E-state index contributed by atoms with van der Waals surface area (Å²) in [4.78, 5) is 28.7. The summed E-state index contributed by atoms with van der Waals surface area (Å²) in [5.41, 5.74) is 1.26. The van der Waals surface area contributed by atoms with Gasteiger partial charge in [0.05, 0.1) is 23.6 Å². The van der Waals surface area contributed by atoms with Crippen molar-refractivity contribution in [3.8, 4) is 5.75 Å². The van der Waals surface area contributed by atoms with Crippen LogP contribution in [0.25, 0.3) is 10.9 Å². The van der Waals surface area contributed by atoms with E-state index < -0.39 is 11.5 Å². The molecule has 0 aliphatic heterocycles. The van der Waals surface area contributed by atoms with Crippen LogP contribution in [-0.4, -0.2) is 22.6 Å². The van der Waals surface area contributed by atoms with Gasteiger partial charge >= 0.3 is 0 Å². The highest BCUT2D eigenvalue weighted by atomic mass is 127. The summed E-state index contributed by atoms with van der Waals surface area (Å²) in [6.45, 7) is 1.84. The van der Waals surface area contributed by atoms with Crippen molar-refractivity contribution in [3.63, 3.8) is 0 Å². The predicted octanol–water partition coefficient (Wildman–Crippen LogP) is 3.67. The maximum absolute atomic E-state index is 12.9. The molecule has 0 unspecified atom stereocenters. The van der Waals surface area contributed by atoms with E-state index >= 15 is 0 Å². The van der Waals surface area contributed by atoms with Crippen LogP contribution in [0.2, 0.25) is 0 Å². The Labute approximate surface area is 156 Å². The summed E-state index contributed by atoms with van der Waals surface area (Å²) in [6, 6.07) is 10.6. The summed E-state index contributed by atoms with van der Waals surface area (Å²) >= 11 is 7.35. The van der Waals surface area contributed by atoms with Crippen LogP contribution in [0.3, 0.4) is 0 Å². The van der Waals surface area contributed by atoms with E-state index in [1.807, 2.05) is 19.1 Å². The lowest BCUT2D eigenvalue weighted by Gasteiger charge is -2.12. The first-order valence-electron chi connectivity index (χ1n) is 7.07. The monoisotopic (exact) mass is 452 g/mol. The molecule has 3 aromatic rings. The van der Waals surface area contributed by atoms with Crippen molar-refractivity contribution >= 4 is 51.6 Å². The molecule has 0 bridgehead atoms. The lowest BCUT2D eigenvalue weighted by molar-refractivity contribution is 0.0950. The smallest absolute Gasteiger partial charge is 0.270 e. The van der Waals surface area contributed by atoms with E-state index in [0.717, 1.165) is 13.7 Å². The van der Waals surface area contributed by atoms with Gasteiger partial charge < -0.3 is 9.72 Å². The third-order valence-corrected chi connectivity index (χ3v) is 4.66. The maximum Gasteiger partial charge on any atom is 0.270 e. The van der Waals surface area contributed by atoms with Gasteiger partial charge in [-0.3, -0.25) is 9.59 Å². The topological polar surface area (TPSA) is 64.1 Å². The van der Waals surface area contributed by atoms with Crippen LogP contribution >= 0.6 is 34.8 Å². The molecular formula is C17H13IN2O3S. The molecule has 2 aromatic carbocycles. The summed E-state index contributed by atoms with van der Waals surface area (Å²) in [7, 11) is 1.49. The maximum atomic E-state index is 12.9. The van der Waals surface area contributed by atoms with Crippen LogP contribution < -0.4 is 10.3 Å². The van der Waals surface area contributed by atoms with Crippen LogP contribution in [0.5, 0.6) is 5.75 Å². The Balaban J connectivity index is 2.31. The van der Waals surface area contributed by atoms with Gasteiger partial charge in [0, 0.05) is 3.57 Å². The highest BCUT2D eigenvalue weighted by Gasteiger charge is 2.19. The number of halogens is 1. The fraction of sp³-hybridized carbons (Fsp3) is 0.118. The minimum Gasteiger partial charge on any atom is -0.496 e. The van der Waals surface area contributed by atoms with Gasteiger partial charge in [-0.1, -0.05) is 12.1 Å². The quantitative estimate of drug-likeness (QED) is 0.476. The zero-order valence-electron chi connectivity index (χ0n) is 12.9. The second-order valence-corrected chi connectivity index (χ2v) is 6.85. The van der Waals surface area contributed by atoms with E-state index in [1.165, 1.54) is 7.11 Å². The number of carbonyl (C=O) groups is 1. The molecule has 0 amide bonds. The van der Waals surface area contributed by atoms with Gasteiger partial charge in [0.15, 0.2) is 4.77 Å². The van der Waals surface area contributed by atoms with Gasteiger partial charge in [-0.05, 0) is 71.6 Å². The van der Waals surface area contributed by atoms with Crippen molar-refractivity contribution in [2.45, 2.75) is 6.92 Å². The van der Waals surface area contributed by atoms with E-state index in [9.17, 15) is 9.59 Å². The molecule has 0 radical (unpaired) electrons. The molecule has 1 aromatic heterocycles. The summed E-state index contributed by atoms with van der Waals surface area (Å²) in [6.07, 6.45) is 0. The number of rotatable bonds is 2. The minimum atomic E-state index is -0.512. The lowest BCUT2D eigenvalue weighted by Crippen LogP contribution is -2.29. The zero-order valence-corrected chi connectivity index (χ0v) is 15.9. The zero-order chi connectivity index (χ0) is 17.4. The number of H-pyrrole nitrogens is 1. The third kappa shape index (κ3) is 2.78. The standard InChI is InChI=1S/C17H13IN2O3S/c1-9-4-3-5-11(14(9)23-2)15(21)20-16(22)12-8-10(18)6-7-13(12)19-17(20)24/h3-8H,1-2H3,(H,19,24). The van der Waals surface area contributed by atoms with Crippen LogP contribution in [0, 0.1) is 15.3 Å². The van der Waals surface area contributed by atoms with Crippen molar-refractivity contribution in [3.05, 3.63) is 66.2 Å². The Kier molecular flexibility index (Phi) is 4.55. The largest absolute Gasteiger partial charge is 0.496 e. The molecule has 0 spiro atoms. The predicted molar refractivity (Wildman–Crippen MR) is 104 cm³/mol. The van der Waals surface area contributed by atoms with Crippen LogP contribution in [-0.2, 0) is 0 Å². The Morgan fingerprint density at radius 3 is 2.75 bits per heavy atom. The van der Waals surface area contributed by atoms with Crippen LogP contribution in [0.15, 0.2) is 41.2 Å². The van der Waals surface area contributed by atoms with Gasteiger partial charge in [-0.25, -0.2) is 4.57 Å². The van der Waals surface area contributed by atoms with Crippen molar-refractivity contribution in [2.75, 3.05) is 7.11 Å². The number of aromatic nitrogens is 2. The molecule has 0 saturated heterocycles. The Hall–Kier alpha value is -2.00. The Morgan fingerprint density at radius 1 is 1.29 bits per heavy atom. The number of carbonyl (C=O) groups excluding carboxylic acids is 1. The van der Waals surface area contributed by atoms with Crippen molar-refractivity contribution in [1.29, 1.82) is 0 Å². The fourth-order valence-electron chi connectivity index (χ4n) is 2.58. The molecule has 0 aliphatic carbocycles. The van der Waals surface area contributed by atoms with E-state index in [2.05, 4.69) is 27.6 Å². The number of methoxy groups -OCH3 is 1. The number of para-hydroxylation sites is 1. The van der Waals surface area contributed by atoms with Crippen LogP contribution in [0.1, 0.15) is 15.9 Å². The highest BCUT2D eigenvalue weighted by molar-refractivity contribution is 14.1. The molecular weight excluding hydrogens is 439 g/mol.